The van der Waals surface area contributed by atoms with Crippen LogP contribution in [0, 0.1) is 0 Å². The van der Waals surface area contributed by atoms with Gasteiger partial charge in [0.1, 0.15) is 5.01 Å². The van der Waals surface area contributed by atoms with Gasteiger partial charge >= 0.3 is 6.03 Å². The summed E-state index contributed by atoms with van der Waals surface area (Å²) in [5.74, 6) is 0. The van der Waals surface area contributed by atoms with Gasteiger partial charge in [0.2, 0.25) is 5.13 Å². The molecule has 1 fully saturated rings. The monoisotopic (exact) mass is 299 g/mol. The van der Waals surface area contributed by atoms with Crippen molar-refractivity contribution in [2.75, 3.05) is 44.7 Å². The molecule has 112 valence electrons. The molecule has 1 aromatic heterocycles. The van der Waals surface area contributed by atoms with Crippen molar-refractivity contribution in [1.29, 1.82) is 0 Å². The maximum Gasteiger partial charge on any atom is 0.321 e. The molecule has 0 aromatic carbocycles. The number of nitrogens with one attached hydrogen (secondary N) is 2. The molecule has 0 saturated carbocycles. The minimum atomic E-state index is -0.225. The van der Waals surface area contributed by atoms with Crippen molar-refractivity contribution in [3.8, 4) is 0 Å². The van der Waals surface area contributed by atoms with Gasteiger partial charge in [-0.25, -0.2) is 4.79 Å². The molecule has 1 aliphatic heterocycles. The second-order valence-electron chi connectivity index (χ2n) is 4.59. The molecule has 0 radical (unpaired) electrons. The van der Waals surface area contributed by atoms with E-state index in [9.17, 15) is 4.79 Å². The summed E-state index contributed by atoms with van der Waals surface area (Å²) in [7, 11) is 0. The number of aromatic nitrogens is 2. The summed E-state index contributed by atoms with van der Waals surface area (Å²) in [5, 5.41) is 15.0. The van der Waals surface area contributed by atoms with E-state index < -0.39 is 0 Å². The van der Waals surface area contributed by atoms with E-state index in [1.54, 1.807) is 0 Å². The van der Waals surface area contributed by atoms with E-state index in [1.165, 1.54) is 11.3 Å². The molecule has 8 heteroatoms. The SMILES string of the molecule is CCCc1nnc(NC(=O)NCCN2CCOCC2)s1. The minimum absolute atomic E-state index is 0.225. The highest BCUT2D eigenvalue weighted by Crippen LogP contribution is 2.16. The van der Waals surface area contributed by atoms with Crippen LogP contribution in [0.4, 0.5) is 9.93 Å². The van der Waals surface area contributed by atoms with Crippen molar-refractivity contribution >= 4 is 22.5 Å². The van der Waals surface area contributed by atoms with Crippen LogP contribution in [-0.4, -0.2) is 60.5 Å². The molecule has 0 bridgehead atoms. The van der Waals surface area contributed by atoms with E-state index in [0.29, 0.717) is 11.7 Å². The Bertz CT molecular complexity index is 420. The first-order valence-corrected chi connectivity index (χ1v) is 7.77. The summed E-state index contributed by atoms with van der Waals surface area (Å²) in [6.45, 7) is 6.96. The van der Waals surface area contributed by atoms with Gasteiger partial charge in [-0.1, -0.05) is 18.3 Å². The van der Waals surface area contributed by atoms with Crippen LogP contribution in [0.15, 0.2) is 0 Å². The number of urea groups is 1. The smallest absolute Gasteiger partial charge is 0.321 e. The van der Waals surface area contributed by atoms with E-state index in [1.807, 2.05) is 0 Å². The van der Waals surface area contributed by atoms with Gasteiger partial charge in [-0.05, 0) is 6.42 Å². The number of morpholine rings is 1. The molecular weight excluding hydrogens is 278 g/mol. The van der Waals surface area contributed by atoms with Crippen molar-refractivity contribution < 1.29 is 9.53 Å². The number of rotatable bonds is 6. The summed E-state index contributed by atoms with van der Waals surface area (Å²) >= 11 is 1.43. The summed E-state index contributed by atoms with van der Waals surface area (Å²) in [5.41, 5.74) is 0. The van der Waals surface area contributed by atoms with Crippen molar-refractivity contribution in [3.05, 3.63) is 5.01 Å². The lowest BCUT2D eigenvalue weighted by Gasteiger charge is -2.26. The Morgan fingerprint density at radius 1 is 1.40 bits per heavy atom. The average molecular weight is 299 g/mol. The van der Waals surface area contributed by atoms with Gasteiger partial charge < -0.3 is 10.1 Å². The molecule has 2 amide bonds. The molecule has 2 heterocycles. The number of hydrogen-bond donors (Lipinski definition) is 2. The number of amides is 2. The number of anilines is 1. The van der Waals surface area contributed by atoms with Crippen LogP contribution in [0.25, 0.3) is 0 Å². The topological polar surface area (TPSA) is 79.4 Å². The van der Waals surface area contributed by atoms with Gasteiger partial charge in [-0.2, -0.15) is 0 Å². The lowest BCUT2D eigenvalue weighted by atomic mass is 10.4. The molecule has 1 saturated heterocycles. The van der Waals surface area contributed by atoms with Crippen molar-refractivity contribution in [2.45, 2.75) is 19.8 Å². The van der Waals surface area contributed by atoms with E-state index in [4.69, 9.17) is 4.74 Å². The number of hydrogen-bond acceptors (Lipinski definition) is 6. The zero-order chi connectivity index (χ0) is 14.2. The van der Waals surface area contributed by atoms with Crippen LogP contribution in [0.3, 0.4) is 0 Å². The molecule has 0 spiro atoms. The summed E-state index contributed by atoms with van der Waals surface area (Å²) < 4.78 is 5.27. The van der Waals surface area contributed by atoms with Crippen LogP contribution in [0.1, 0.15) is 18.4 Å². The first kappa shape index (κ1) is 15.1. The van der Waals surface area contributed by atoms with Crippen LogP contribution in [-0.2, 0) is 11.2 Å². The van der Waals surface area contributed by atoms with E-state index in [-0.39, 0.29) is 6.03 Å². The third-order valence-corrected chi connectivity index (χ3v) is 3.87. The maximum atomic E-state index is 11.7. The first-order chi connectivity index (χ1) is 9.78. The molecule has 2 rings (SSSR count). The predicted molar refractivity (Wildman–Crippen MR) is 78.2 cm³/mol. The fourth-order valence-corrected chi connectivity index (χ4v) is 2.75. The van der Waals surface area contributed by atoms with Crippen molar-refractivity contribution in [3.63, 3.8) is 0 Å². The van der Waals surface area contributed by atoms with E-state index in [2.05, 4.69) is 32.7 Å². The summed E-state index contributed by atoms with van der Waals surface area (Å²) in [4.78, 5) is 14.0. The third-order valence-electron chi connectivity index (χ3n) is 2.97. The Balaban J connectivity index is 1.64. The minimum Gasteiger partial charge on any atom is -0.379 e. The number of nitrogens with zero attached hydrogens (tertiary/aromatic N) is 3. The van der Waals surface area contributed by atoms with Gasteiger partial charge in [-0.3, -0.25) is 10.2 Å². The van der Waals surface area contributed by atoms with Gasteiger partial charge in [-0.15, -0.1) is 10.2 Å². The standard InChI is InChI=1S/C12H21N5O2S/c1-2-3-10-15-16-12(20-10)14-11(18)13-4-5-17-6-8-19-9-7-17/h2-9H2,1H3,(H2,13,14,16,18). The molecule has 20 heavy (non-hydrogen) atoms. The zero-order valence-corrected chi connectivity index (χ0v) is 12.5. The number of ether oxygens (including phenoxy) is 1. The Hall–Kier alpha value is -1.25. The molecular formula is C12H21N5O2S. The Kier molecular flexibility index (Phi) is 6.16. The van der Waals surface area contributed by atoms with Crippen molar-refractivity contribution in [2.24, 2.45) is 0 Å². The molecule has 0 unspecified atom stereocenters. The Labute approximate surface area is 122 Å². The summed E-state index contributed by atoms with van der Waals surface area (Å²) in [6, 6.07) is -0.225. The van der Waals surface area contributed by atoms with Gasteiger partial charge in [0.05, 0.1) is 13.2 Å². The number of aryl methyl sites for hydroxylation is 1. The summed E-state index contributed by atoms with van der Waals surface area (Å²) in [6.07, 6.45) is 1.93. The Morgan fingerprint density at radius 3 is 2.95 bits per heavy atom. The van der Waals surface area contributed by atoms with E-state index in [0.717, 1.165) is 50.7 Å². The molecule has 1 aliphatic rings. The van der Waals surface area contributed by atoms with Crippen LogP contribution in [0.2, 0.25) is 0 Å². The fraction of sp³-hybridized carbons (Fsp3) is 0.750. The lowest BCUT2D eigenvalue weighted by Crippen LogP contribution is -2.42. The first-order valence-electron chi connectivity index (χ1n) is 6.95. The number of carbonyl (C=O) groups excluding carboxylic acids is 1. The molecule has 0 aliphatic carbocycles. The highest BCUT2D eigenvalue weighted by molar-refractivity contribution is 7.15. The second kappa shape index (κ2) is 8.13. The normalized spacial score (nSPS) is 16.1. The van der Waals surface area contributed by atoms with Crippen LogP contribution in [0.5, 0.6) is 0 Å². The largest absolute Gasteiger partial charge is 0.379 e. The highest BCUT2D eigenvalue weighted by atomic mass is 32.1. The average Bonchev–Trinajstić information content (AvgIpc) is 2.88. The van der Waals surface area contributed by atoms with Crippen LogP contribution >= 0.6 is 11.3 Å². The quantitative estimate of drug-likeness (QED) is 0.817. The highest BCUT2D eigenvalue weighted by Gasteiger charge is 2.11. The van der Waals surface area contributed by atoms with Gasteiger partial charge in [0, 0.05) is 32.6 Å². The van der Waals surface area contributed by atoms with E-state index >= 15 is 0 Å². The zero-order valence-electron chi connectivity index (χ0n) is 11.7. The van der Waals surface area contributed by atoms with Crippen LogP contribution < -0.4 is 10.6 Å². The molecule has 7 nitrogen and oxygen atoms in total. The van der Waals surface area contributed by atoms with Gasteiger partial charge in [0.25, 0.3) is 0 Å². The second-order valence-corrected chi connectivity index (χ2v) is 5.65. The molecule has 0 atom stereocenters. The van der Waals surface area contributed by atoms with Gasteiger partial charge in [0.15, 0.2) is 0 Å². The predicted octanol–water partition coefficient (Wildman–Crippen LogP) is 0.944. The molecule has 2 N–H and O–H groups in total. The lowest BCUT2D eigenvalue weighted by molar-refractivity contribution is 0.0388. The third kappa shape index (κ3) is 5.03. The Morgan fingerprint density at radius 2 is 2.20 bits per heavy atom. The number of carbonyl (C=O) groups is 1. The maximum absolute atomic E-state index is 11.7. The fourth-order valence-electron chi connectivity index (χ4n) is 1.91. The van der Waals surface area contributed by atoms with Crippen molar-refractivity contribution in [1.82, 2.24) is 20.4 Å². The molecule has 1 aromatic rings.